The number of carbonyl (C=O) groups is 2. The standard InChI is InChI=1S/C35H40N4O5/c1-23(2)36-33(40)18-17-31-24(3)37-39(27-11-9-8-10-12-27)35(31)44-28-15-13-26(14-16-28)32(34(41)38(4)5)21-25-19-29(42-6)22-30(20-25)43-7/h8-16,19-23H,17-18H2,1-7H3,(H,36,40). The molecular weight excluding hydrogens is 556 g/mol. The van der Waals surface area contributed by atoms with E-state index in [2.05, 4.69) is 5.32 Å². The maximum absolute atomic E-state index is 13.3. The van der Waals surface area contributed by atoms with Crippen LogP contribution in [0.1, 0.15) is 42.7 Å². The van der Waals surface area contributed by atoms with Crippen molar-refractivity contribution in [3.05, 3.63) is 95.2 Å². The molecule has 44 heavy (non-hydrogen) atoms. The zero-order valence-electron chi connectivity index (χ0n) is 26.4. The van der Waals surface area contributed by atoms with Gasteiger partial charge >= 0.3 is 0 Å². The van der Waals surface area contributed by atoms with Crippen molar-refractivity contribution in [2.75, 3.05) is 28.3 Å². The van der Waals surface area contributed by atoms with Gasteiger partial charge in [-0.3, -0.25) is 9.59 Å². The Hall–Kier alpha value is -5.05. The zero-order chi connectivity index (χ0) is 31.8. The molecule has 0 aliphatic carbocycles. The van der Waals surface area contributed by atoms with Crippen LogP contribution in [0.3, 0.4) is 0 Å². The monoisotopic (exact) mass is 596 g/mol. The molecule has 1 heterocycles. The van der Waals surface area contributed by atoms with Crippen molar-refractivity contribution in [1.82, 2.24) is 20.0 Å². The normalized spacial score (nSPS) is 11.3. The minimum atomic E-state index is -0.153. The molecule has 230 valence electrons. The van der Waals surface area contributed by atoms with Crippen LogP contribution in [0, 0.1) is 6.92 Å². The smallest absolute Gasteiger partial charge is 0.253 e. The lowest BCUT2D eigenvalue weighted by Crippen LogP contribution is -2.30. The van der Waals surface area contributed by atoms with E-state index < -0.39 is 0 Å². The largest absolute Gasteiger partial charge is 0.497 e. The highest BCUT2D eigenvalue weighted by Crippen LogP contribution is 2.33. The molecule has 0 unspecified atom stereocenters. The molecular formula is C35H40N4O5. The summed E-state index contributed by atoms with van der Waals surface area (Å²) in [7, 11) is 6.61. The van der Waals surface area contributed by atoms with Gasteiger partial charge in [0, 0.05) is 43.8 Å². The Morgan fingerprint density at radius 3 is 2.14 bits per heavy atom. The van der Waals surface area contributed by atoms with Crippen molar-refractivity contribution in [3.8, 4) is 28.8 Å². The molecule has 9 heteroatoms. The molecule has 4 rings (SSSR count). The summed E-state index contributed by atoms with van der Waals surface area (Å²) in [4.78, 5) is 27.3. The fourth-order valence-electron chi connectivity index (χ4n) is 4.71. The van der Waals surface area contributed by atoms with Gasteiger partial charge in [-0.15, -0.1) is 0 Å². The molecule has 3 aromatic carbocycles. The summed E-state index contributed by atoms with van der Waals surface area (Å²) in [5.74, 6) is 2.18. The summed E-state index contributed by atoms with van der Waals surface area (Å²) in [6, 6.07) is 22.6. The van der Waals surface area contributed by atoms with E-state index in [1.807, 2.05) is 93.6 Å². The van der Waals surface area contributed by atoms with E-state index in [9.17, 15) is 9.59 Å². The van der Waals surface area contributed by atoms with Gasteiger partial charge in [0.1, 0.15) is 17.2 Å². The minimum Gasteiger partial charge on any atom is -0.497 e. The van der Waals surface area contributed by atoms with Crippen molar-refractivity contribution in [3.63, 3.8) is 0 Å². The highest BCUT2D eigenvalue weighted by molar-refractivity contribution is 6.24. The number of nitrogens with zero attached hydrogens (tertiary/aromatic N) is 3. The van der Waals surface area contributed by atoms with Gasteiger partial charge in [-0.1, -0.05) is 30.3 Å². The number of methoxy groups -OCH3 is 2. The van der Waals surface area contributed by atoms with Crippen LogP contribution < -0.4 is 19.5 Å². The van der Waals surface area contributed by atoms with Gasteiger partial charge in [-0.2, -0.15) is 5.10 Å². The van der Waals surface area contributed by atoms with Gasteiger partial charge in [0.05, 0.1) is 25.6 Å². The number of rotatable bonds is 12. The number of para-hydroxylation sites is 1. The first-order chi connectivity index (χ1) is 21.1. The van der Waals surface area contributed by atoms with Crippen LogP contribution in [-0.2, 0) is 16.0 Å². The van der Waals surface area contributed by atoms with Crippen molar-refractivity contribution in [2.45, 2.75) is 39.7 Å². The van der Waals surface area contributed by atoms with E-state index in [1.165, 1.54) is 4.90 Å². The Kier molecular flexibility index (Phi) is 10.4. The molecule has 0 spiro atoms. The van der Waals surface area contributed by atoms with Gasteiger partial charge in [0.15, 0.2) is 0 Å². The summed E-state index contributed by atoms with van der Waals surface area (Å²) in [5.41, 5.74) is 4.46. The molecule has 0 fully saturated rings. The van der Waals surface area contributed by atoms with E-state index in [0.29, 0.717) is 41.5 Å². The van der Waals surface area contributed by atoms with Crippen molar-refractivity contribution in [2.24, 2.45) is 0 Å². The number of hydrogen-bond acceptors (Lipinski definition) is 6. The number of aromatic nitrogens is 2. The predicted molar refractivity (Wildman–Crippen MR) is 173 cm³/mol. The number of ether oxygens (including phenoxy) is 3. The molecule has 1 aromatic heterocycles. The highest BCUT2D eigenvalue weighted by Gasteiger charge is 2.21. The van der Waals surface area contributed by atoms with Crippen molar-refractivity contribution in [1.29, 1.82) is 0 Å². The zero-order valence-corrected chi connectivity index (χ0v) is 26.4. The third-order valence-corrected chi connectivity index (χ3v) is 6.89. The lowest BCUT2D eigenvalue weighted by atomic mass is 10.0. The maximum Gasteiger partial charge on any atom is 0.253 e. The lowest BCUT2D eigenvalue weighted by Gasteiger charge is -2.16. The third-order valence-electron chi connectivity index (χ3n) is 6.89. The van der Waals surface area contributed by atoms with E-state index >= 15 is 0 Å². The minimum absolute atomic E-state index is 0.0271. The second-order valence-corrected chi connectivity index (χ2v) is 10.9. The van der Waals surface area contributed by atoms with Crippen molar-refractivity contribution >= 4 is 23.5 Å². The molecule has 0 aliphatic heterocycles. The number of hydrogen-bond donors (Lipinski definition) is 1. The number of carbonyl (C=O) groups excluding carboxylic acids is 2. The van der Waals surface area contributed by atoms with E-state index in [0.717, 1.165) is 28.1 Å². The first kappa shape index (κ1) is 31.9. The molecule has 0 saturated heterocycles. The summed E-state index contributed by atoms with van der Waals surface area (Å²) >= 11 is 0. The van der Waals surface area contributed by atoms with Gasteiger partial charge < -0.3 is 24.4 Å². The highest BCUT2D eigenvalue weighted by atomic mass is 16.5. The average molecular weight is 597 g/mol. The SMILES string of the molecule is COc1cc(C=C(C(=O)N(C)C)c2ccc(Oc3c(CCC(=O)NC(C)C)c(C)nn3-c3ccccc3)cc2)cc(OC)c1. The Labute approximate surface area is 259 Å². The molecule has 0 atom stereocenters. The molecule has 0 saturated carbocycles. The van der Waals surface area contributed by atoms with Gasteiger partial charge in [-0.05, 0) is 80.8 Å². The summed E-state index contributed by atoms with van der Waals surface area (Å²) in [6.45, 7) is 5.80. The number of aryl methyl sites for hydroxylation is 1. The molecule has 0 radical (unpaired) electrons. The average Bonchev–Trinajstić information content (AvgIpc) is 3.32. The topological polar surface area (TPSA) is 94.9 Å². The predicted octanol–water partition coefficient (Wildman–Crippen LogP) is 6.08. The second kappa shape index (κ2) is 14.4. The van der Waals surface area contributed by atoms with Crippen LogP contribution >= 0.6 is 0 Å². The first-order valence-corrected chi connectivity index (χ1v) is 14.5. The van der Waals surface area contributed by atoms with Crippen LogP contribution in [0.5, 0.6) is 23.1 Å². The molecule has 2 amide bonds. The molecule has 1 N–H and O–H groups in total. The Morgan fingerprint density at radius 1 is 0.932 bits per heavy atom. The Morgan fingerprint density at radius 2 is 1.57 bits per heavy atom. The molecule has 9 nitrogen and oxygen atoms in total. The third kappa shape index (κ3) is 7.86. The molecule has 0 aliphatic rings. The van der Waals surface area contributed by atoms with E-state index in [4.69, 9.17) is 19.3 Å². The summed E-state index contributed by atoms with van der Waals surface area (Å²) < 4.78 is 19.1. The van der Waals surface area contributed by atoms with Gasteiger partial charge in [-0.25, -0.2) is 4.68 Å². The second-order valence-electron chi connectivity index (χ2n) is 10.9. The Bertz CT molecular complexity index is 1600. The number of benzene rings is 3. The quantitative estimate of drug-likeness (QED) is 0.157. The van der Waals surface area contributed by atoms with Crippen LogP contribution in [-0.4, -0.2) is 60.9 Å². The fraction of sp³-hybridized carbons (Fsp3) is 0.286. The van der Waals surface area contributed by atoms with E-state index in [-0.39, 0.29) is 17.9 Å². The maximum atomic E-state index is 13.3. The number of amides is 2. The molecule has 0 bridgehead atoms. The molecule has 4 aromatic rings. The van der Waals surface area contributed by atoms with Crippen molar-refractivity contribution < 1.29 is 23.8 Å². The fourth-order valence-corrected chi connectivity index (χ4v) is 4.71. The van der Waals surface area contributed by atoms with Crippen LogP contribution in [0.2, 0.25) is 0 Å². The van der Waals surface area contributed by atoms with Gasteiger partial charge in [0.25, 0.3) is 5.91 Å². The Balaban J connectivity index is 1.70. The van der Waals surface area contributed by atoms with E-state index in [1.54, 1.807) is 39.1 Å². The summed E-state index contributed by atoms with van der Waals surface area (Å²) in [6.07, 6.45) is 2.60. The first-order valence-electron chi connectivity index (χ1n) is 14.5. The van der Waals surface area contributed by atoms with Gasteiger partial charge in [0.2, 0.25) is 11.8 Å². The number of nitrogens with one attached hydrogen (secondary N) is 1. The lowest BCUT2D eigenvalue weighted by molar-refractivity contribution is -0.123. The van der Waals surface area contributed by atoms with Crippen LogP contribution in [0.4, 0.5) is 0 Å². The number of likely N-dealkylation sites (N-methyl/N-ethyl adjacent to an activating group) is 1. The van der Waals surface area contributed by atoms with Crippen LogP contribution in [0.15, 0.2) is 72.8 Å². The summed E-state index contributed by atoms with van der Waals surface area (Å²) in [5, 5.41) is 7.71. The van der Waals surface area contributed by atoms with Crippen LogP contribution in [0.25, 0.3) is 17.3 Å².